The first kappa shape index (κ1) is 13.6. The Morgan fingerprint density at radius 2 is 2.00 bits per heavy atom. The van der Waals surface area contributed by atoms with Crippen molar-refractivity contribution in [3.05, 3.63) is 29.3 Å². The Labute approximate surface area is 103 Å². The number of nitrogens with two attached hydrogens (primary N) is 1. The van der Waals surface area contributed by atoms with Gasteiger partial charge in [0, 0.05) is 5.56 Å². The lowest BCUT2D eigenvalue weighted by atomic mass is 9.93. The second-order valence-corrected chi connectivity index (χ2v) is 5.55. The number of aryl methyl sites for hydroxylation is 1. The van der Waals surface area contributed by atoms with E-state index >= 15 is 0 Å². The molecule has 0 unspecified atom stereocenters. The Kier molecular flexibility index (Phi) is 4.16. The third kappa shape index (κ3) is 4.47. The standard InChI is InChI=1S/C14H22N2O/c1-10-9-11(5-6-12(10)13(15)16)17-8-7-14(2,3)4/h5-6,9H,7-8H2,1-4H3,(H3,15,16). The van der Waals surface area contributed by atoms with Gasteiger partial charge in [-0.2, -0.15) is 0 Å². The van der Waals surface area contributed by atoms with Gasteiger partial charge in [-0.05, 0) is 42.5 Å². The third-order valence-corrected chi connectivity index (χ3v) is 2.61. The van der Waals surface area contributed by atoms with E-state index < -0.39 is 0 Å². The van der Waals surface area contributed by atoms with Crippen LogP contribution in [0.4, 0.5) is 0 Å². The van der Waals surface area contributed by atoms with E-state index in [1.54, 1.807) is 0 Å². The van der Waals surface area contributed by atoms with E-state index in [2.05, 4.69) is 20.8 Å². The van der Waals surface area contributed by atoms with Gasteiger partial charge in [0.1, 0.15) is 11.6 Å². The molecule has 0 aliphatic rings. The van der Waals surface area contributed by atoms with Crippen molar-refractivity contribution >= 4 is 5.84 Å². The highest BCUT2D eigenvalue weighted by Crippen LogP contribution is 2.21. The zero-order valence-corrected chi connectivity index (χ0v) is 11.1. The topological polar surface area (TPSA) is 59.1 Å². The molecule has 0 fully saturated rings. The summed E-state index contributed by atoms with van der Waals surface area (Å²) in [5, 5.41) is 7.40. The zero-order valence-electron chi connectivity index (χ0n) is 11.1. The first-order valence-corrected chi connectivity index (χ1v) is 5.87. The number of hydrogen-bond acceptors (Lipinski definition) is 2. The van der Waals surface area contributed by atoms with Crippen LogP contribution in [-0.4, -0.2) is 12.4 Å². The maximum atomic E-state index is 7.40. The lowest BCUT2D eigenvalue weighted by molar-refractivity contribution is 0.243. The van der Waals surface area contributed by atoms with Crippen LogP contribution < -0.4 is 10.5 Å². The second kappa shape index (κ2) is 5.21. The van der Waals surface area contributed by atoms with E-state index in [-0.39, 0.29) is 11.3 Å². The smallest absolute Gasteiger partial charge is 0.123 e. The molecule has 3 N–H and O–H groups in total. The summed E-state index contributed by atoms with van der Waals surface area (Å²) in [4.78, 5) is 0. The van der Waals surface area contributed by atoms with Crippen LogP contribution in [-0.2, 0) is 0 Å². The summed E-state index contributed by atoms with van der Waals surface area (Å²) in [6.45, 7) is 9.23. The van der Waals surface area contributed by atoms with Gasteiger partial charge in [-0.1, -0.05) is 20.8 Å². The van der Waals surface area contributed by atoms with E-state index in [9.17, 15) is 0 Å². The Morgan fingerprint density at radius 1 is 1.35 bits per heavy atom. The van der Waals surface area contributed by atoms with Crippen molar-refractivity contribution in [3.63, 3.8) is 0 Å². The van der Waals surface area contributed by atoms with Crippen molar-refractivity contribution in [1.29, 1.82) is 5.41 Å². The minimum absolute atomic E-state index is 0.101. The molecule has 0 radical (unpaired) electrons. The van der Waals surface area contributed by atoms with Crippen molar-refractivity contribution in [3.8, 4) is 5.75 Å². The molecule has 0 aromatic heterocycles. The normalized spacial score (nSPS) is 11.3. The van der Waals surface area contributed by atoms with Crippen LogP contribution in [0.1, 0.15) is 38.3 Å². The predicted octanol–water partition coefficient (Wildman–Crippen LogP) is 3.09. The van der Waals surface area contributed by atoms with E-state index in [1.807, 2.05) is 25.1 Å². The molecule has 0 spiro atoms. The van der Waals surface area contributed by atoms with Gasteiger partial charge in [-0.3, -0.25) is 5.41 Å². The molecule has 0 bridgehead atoms. The van der Waals surface area contributed by atoms with Crippen molar-refractivity contribution in [2.24, 2.45) is 11.1 Å². The number of hydrogen-bond donors (Lipinski definition) is 2. The Bertz CT molecular complexity index is 405. The Morgan fingerprint density at radius 3 is 2.47 bits per heavy atom. The first-order chi connectivity index (χ1) is 7.79. The highest BCUT2D eigenvalue weighted by molar-refractivity contribution is 5.96. The van der Waals surface area contributed by atoms with Gasteiger partial charge < -0.3 is 10.5 Å². The van der Waals surface area contributed by atoms with Gasteiger partial charge in [0.05, 0.1) is 6.61 Å². The lowest BCUT2D eigenvalue weighted by Crippen LogP contribution is -2.13. The monoisotopic (exact) mass is 234 g/mol. The molecular weight excluding hydrogens is 212 g/mol. The molecule has 1 aromatic carbocycles. The minimum atomic E-state index is 0.101. The van der Waals surface area contributed by atoms with Gasteiger partial charge in [0.15, 0.2) is 0 Å². The summed E-state index contributed by atoms with van der Waals surface area (Å²) in [5.74, 6) is 0.945. The van der Waals surface area contributed by atoms with Crippen LogP contribution in [0, 0.1) is 17.7 Å². The van der Waals surface area contributed by atoms with Crippen LogP contribution in [0.3, 0.4) is 0 Å². The number of rotatable bonds is 4. The van der Waals surface area contributed by atoms with Crippen LogP contribution in [0.15, 0.2) is 18.2 Å². The van der Waals surface area contributed by atoms with E-state index in [4.69, 9.17) is 15.9 Å². The van der Waals surface area contributed by atoms with Crippen LogP contribution in [0.5, 0.6) is 5.75 Å². The molecule has 0 saturated heterocycles. The van der Waals surface area contributed by atoms with Crippen molar-refractivity contribution in [1.82, 2.24) is 0 Å². The van der Waals surface area contributed by atoms with Crippen LogP contribution >= 0.6 is 0 Å². The zero-order chi connectivity index (χ0) is 13.1. The number of nitrogens with one attached hydrogen (secondary N) is 1. The van der Waals surface area contributed by atoms with E-state index in [1.165, 1.54) is 0 Å². The Balaban J connectivity index is 2.62. The van der Waals surface area contributed by atoms with E-state index in [0.717, 1.165) is 23.3 Å². The minimum Gasteiger partial charge on any atom is -0.494 e. The SMILES string of the molecule is Cc1cc(OCCC(C)(C)C)ccc1C(=N)N. The van der Waals surface area contributed by atoms with Gasteiger partial charge in [-0.25, -0.2) is 0 Å². The largest absolute Gasteiger partial charge is 0.494 e. The molecule has 0 amide bonds. The summed E-state index contributed by atoms with van der Waals surface area (Å²) < 4.78 is 5.69. The molecule has 3 nitrogen and oxygen atoms in total. The fourth-order valence-electron chi connectivity index (χ4n) is 1.50. The molecule has 1 aromatic rings. The highest BCUT2D eigenvalue weighted by atomic mass is 16.5. The lowest BCUT2D eigenvalue weighted by Gasteiger charge is -2.18. The summed E-state index contributed by atoms with van der Waals surface area (Å²) in [5.41, 5.74) is 7.50. The quantitative estimate of drug-likeness (QED) is 0.621. The first-order valence-electron chi connectivity index (χ1n) is 5.87. The van der Waals surface area contributed by atoms with Crippen molar-refractivity contribution < 1.29 is 4.74 Å². The molecule has 94 valence electrons. The summed E-state index contributed by atoms with van der Waals surface area (Å²) in [6, 6.07) is 5.63. The van der Waals surface area contributed by atoms with Crippen molar-refractivity contribution in [2.75, 3.05) is 6.61 Å². The molecule has 0 aliphatic carbocycles. The average molecular weight is 234 g/mol. The fraction of sp³-hybridized carbons (Fsp3) is 0.500. The predicted molar refractivity (Wildman–Crippen MR) is 71.8 cm³/mol. The number of amidine groups is 1. The van der Waals surface area contributed by atoms with Gasteiger partial charge in [0.2, 0.25) is 0 Å². The van der Waals surface area contributed by atoms with Crippen LogP contribution in [0.25, 0.3) is 0 Å². The molecule has 1 rings (SSSR count). The molecule has 0 saturated carbocycles. The maximum absolute atomic E-state index is 7.40. The van der Waals surface area contributed by atoms with Crippen LogP contribution in [0.2, 0.25) is 0 Å². The molecule has 0 atom stereocenters. The van der Waals surface area contributed by atoms with Gasteiger partial charge >= 0.3 is 0 Å². The number of benzene rings is 1. The summed E-state index contributed by atoms with van der Waals surface area (Å²) in [7, 11) is 0. The average Bonchev–Trinajstić information content (AvgIpc) is 2.15. The Hall–Kier alpha value is -1.51. The van der Waals surface area contributed by atoms with Gasteiger partial charge in [0.25, 0.3) is 0 Å². The molecule has 0 heterocycles. The number of ether oxygens (including phenoxy) is 1. The second-order valence-electron chi connectivity index (χ2n) is 5.55. The molecular formula is C14H22N2O. The number of nitrogen functional groups attached to an aromatic ring is 1. The maximum Gasteiger partial charge on any atom is 0.123 e. The fourth-order valence-corrected chi connectivity index (χ4v) is 1.50. The van der Waals surface area contributed by atoms with Gasteiger partial charge in [-0.15, -0.1) is 0 Å². The highest BCUT2D eigenvalue weighted by Gasteiger charge is 2.10. The van der Waals surface area contributed by atoms with E-state index in [0.29, 0.717) is 6.61 Å². The molecule has 0 aliphatic heterocycles. The van der Waals surface area contributed by atoms with Crippen molar-refractivity contribution in [2.45, 2.75) is 34.1 Å². The molecule has 17 heavy (non-hydrogen) atoms. The molecule has 3 heteroatoms. The third-order valence-electron chi connectivity index (χ3n) is 2.61. The summed E-state index contributed by atoms with van der Waals surface area (Å²) >= 11 is 0. The summed E-state index contributed by atoms with van der Waals surface area (Å²) in [6.07, 6.45) is 1.01.